The van der Waals surface area contributed by atoms with Crippen molar-refractivity contribution in [2.45, 2.75) is 82.6 Å². The van der Waals surface area contributed by atoms with E-state index in [9.17, 15) is 18.8 Å². The Kier molecular flexibility index (Phi) is 11.5. The average Bonchev–Trinajstić information content (AvgIpc) is 3.42. The molecule has 2 saturated heterocycles. The van der Waals surface area contributed by atoms with Crippen molar-refractivity contribution in [3.8, 4) is 0 Å². The first kappa shape index (κ1) is 34.3. The number of amides is 2. The van der Waals surface area contributed by atoms with Crippen LogP contribution in [0.25, 0.3) is 0 Å². The Morgan fingerprint density at radius 2 is 1.83 bits per heavy atom. The van der Waals surface area contributed by atoms with Gasteiger partial charge in [0.05, 0.1) is 37.3 Å². The molecule has 3 aliphatic rings. The van der Waals surface area contributed by atoms with Gasteiger partial charge in [0.15, 0.2) is 8.32 Å². The molecular weight excluding hydrogens is 579 g/mol. The van der Waals surface area contributed by atoms with E-state index in [0.717, 1.165) is 4.91 Å². The molecule has 2 fully saturated rings. The first-order valence-corrected chi connectivity index (χ1v) is 18.4. The van der Waals surface area contributed by atoms with Crippen LogP contribution in [-0.4, -0.2) is 99.2 Å². The lowest BCUT2D eigenvalue weighted by Gasteiger charge is -2.50. The highest BCUT2D eigenvalue weighted by Crippen LogP contribution is 2.53. The van der Waals surface area contributed by atoms with E-state index in [1.807, 2.05) is 13.8 Å². The normalized spacial score (nSPS) is 26.6. The predicted molar refractivity (Wildman–Crippen MR) is 164 cm³/mol. The van der Waals surface area contributed by atoms with Gasteiger partial charge in [-0.2, -0.15) is 0 Å². The summed E-state index contributed by atoms with van der Waals surface area (Å²) >= 11 is 1.49. The molecule has 42 heavy (non-hydrogen) atoms. The molecule has 6 atom stereocenters. The Morgan fingerprint density at radius 1 is 1.19 bits per heavy atom. The second-order valence-corrected chi connectivity index (χ2v) is 18.7. The zero-order chi connectivity index (χ0) is 31.4. The number of alkyl halides is 1. The summed E-state index contributed by atoms with van der Waals surface area (Å²) in [5.74, 6) is -1.24. The molecule has 0 bridgehead atoms. The highest BCUT2D eigenvalue weighted by atomic mass is 32.2. The van der Waals surface area contributed by atoms with Crippen molar-refractivity contribution in [1.82, 2.24) is 9.80 Å². The van der Waals surface area contributed by atoms with Gasteiger partial charge in [-0.3, -0.25) is 4.79 Å². The molecule has 9 nitrogen and oxygen atoms in total. The minimum Gasteiger partial charge on any atom is -0.457 e. The number of carbonyl (C=O) groups excluding carboxylic acids is 3. The molecule has 0 aromatic carbocycles. The minimum atomic E-state index is -2.14. The Bertz CT molecular complexity index is 1080. The Labute approximate surface area is 254 Å². The van der Waals surface area contributed by atoms with Crippen molar-refractivity contribution >= 4 is 38.0 Å². The summed E-state index contributed by atoms with van der Waals surface area (Å²) in [6.07, 6.45) is 2.73. The number of β-lactam (4-membered cyclic amide) rings is 1. The topological polar surface area (TPSA) is 94.6 Å². The molecule has 2 amide bonds. The number of rotatable bonds is 14. The molecule has 3 aliphatic heterocycles. The van der Waals surface area contributed by atoms with Gasteiger partial charge < -0.3 is 28.4 Å². The summed E-state index contributed by atoms with van der Waals surface area (Å²) in [6.45, 7) is 22.0. The Balaban J connectivity index is 1.86. The van der Waals surface area contributed by atoms with Gasteiger partial charge in [0, 0.05) is 22.6 Å². The van der Waals surface area contributed by atoms with E-state index in [1.54, 1.807) is 9.80 Å². The van der Waals surface area contributed by atoms with Crippen molar-refractivity contribution in [3.63, 3.8) is 0 Å². The molecule has 0 radical (unpaired) electrons. The highest BCUT2D eigenvalue weighted by Gasteiger charge is 2.61. The molecule has 0 spiro atoms. The van der Waals surface area contributed by atoms with Crippen molar-refractivity contribution in [1.29, 1.82) is 0 Å². The van der Waals surface area contributed by atoms with Crippen LogP contribution in [0.3, 0.4) is 0 Å². The predicted octanol–water partition coefficient (Wildman–Crippen LogP) is 5.30. The van der Waals surface area contributed by atoms with Crippen LogP contribution in [-0.2, 0) is 28.2 Å². The van der Waals surface area contributed by atoms with Gasteiger partial charge in [-0.1, -0.05) is 53.0 Å². The van der Waals surface area contributed by atoms with Crippen LogP contribution in [0.1, 0.15) is 41.0 Å². The number of hydrogen-bond donors (Lipinski definition) is 0. The third-order valence-electron chi connectivity index (χ3n) is 8.67. The molecule has 3 heterocycles. The molecule has 3 rings (SSSR count). The van der Waals surface area contributed by atoms with Crippen LogP contribution in [0.2, 0.25) is 18.1 Å². The van der Waals surface area contributed by atoms with E-state index in [2.05, 4.69) is 47.0 Å². The average molecular weight is 627 g/mol. The minimum absolute atomic E-state index is 0.0143. The van der Waals surface area contributed by atoms with Crippen molar-refractivity contribution in [2.24, 2.45) is 11.8 Å². The zero-order valence-electron chi connectivity index (χ0n) is 26.0. The highest BCUT2D eigenvalue weighted by molar-refractivity contribution is 8.03. The van der Waals surface area contributed by atoms with Crippen LogP contribution in [0, 0.1) is 11.8 Å². The lowest BCUT2D eigenvalue weighted by molar-refractivity contribution is -0.163. The van der Waals surface area contributed by atoms with Crippen LogP contribution >= 0.6 is 11.8 Å². The van der Waals surface area contributed by atoms with E-state index in [1.165, 1.54) is 23.9 Å². The number of ether oxygens (including phenoxy) is 3. The maximum absolute atomic E-state index is 13.6. The molecule has 0 aromatic rings. The maximum atomic E-state index is 13.6. The standard InChI is InChI=1S/C30H47FN2O7SSi/c1-10-13-38-28(35)25-26(41-22-16-21(18-37-15-12-31)32(17-22)29(36)39-14-11-2)19(3)24-23(27(34)33(24)25)20(4)40-42(8,9)30(5,6)7/h10-11,19-24H,1-2,12-18H2,3-9H3/t19-,20-,21+,22+,23-,24-/m1/s1. The fourth-order valence-electron chi connectivity index (χ4n) is 5.58. The Morgan fingerprint density at radius 3 is 2.43 bits per heavy atom. The van der Waals surface area contributed by atoms with Gasteiger partial charge in [0.1, 0.15) is 25.6 Å². The summed E-state index contributed by atoms with van der Waals surface area (Å²) in [4.78, 5) is 43.7. The molecule has 0 unspecified atom stereocenters. The molecule has 0 aromatic heterocycles. The number of nitrogens with zero attached hydrogens (tertiary/aromatic N) is 2. The molecule has 12 heteroatoms. The number of thioether (sulfide) groups is 1. The number of fused-ring (bicyclic) bond motifs is 1. The van der Waals surface area contributed by atoms with Gasteiger partial charge >= 0.3 is 12.1 Å². The monoisotopic (exact) mass is 626 g/mol. The number of esters is 1. The largest absolute Gasteiger partial charge is 0.457 e. The fraction of sp³-hybridized carbons (Fsp3) is 0.700. The quantitative estimate of drug-likeness (QED) is 0.0844. The number of carbonyl (C=O) groups is 3. The van der Waals surface area contributed by atoms with E-state index in [4.69, 9.17) is 18.6 Å². The summed E-state index contributed by atoms with van der Waals surface area (Å²) in [5, 5.41) is -0.118. The van der Waals surface area contributed by atoms with Crippen LogP contribution < -0.4 is 0 Å². The first-order valence-electron chi connectivity index (χ1n) is 14.6. The number of halogens is 1. The van der Waals surface area contributed by atoms with Crippen molar-refractivity contribution in [2.75, 3.05) is 39.6 Å². The smallest absolute Gasteiger partial charge is 0.410 e. The molecule has 0 saturated carbocycles. The molecular formula is C30H47FN2O7SSi. The zero-order valence-corrected chi connectivity index (χ0v) is 27.8. The van der Waals surface area contributed by atoms with Crippen molar-refractivity contribution < 1.29 is 37.4 Å². The lowest BCUT2D eigenvalue weighted by atomic mass is 9.79. The maximum Gasteiger partial charge on any atom is 0.410 e. The molecule has 236 valence electrons. The van der Waals surface area contributed by atoms with Gasteiger partial charge in [-0.25, -0.2) is 14.0 Å². The van der Waals surface area contributed by atoms with E-state index >= 15 is 0 Å². The lowest BCUT2D eigenvalue weighted by Crippen LogP contribution is -2.65. The number of likely N-dealkylation sites (tertiary alicyclic amines) is 1. The third-order valence-corrected chi connectivity index (χ3v) is 14.7. The third kappa shape index (κ3) is 7.14. The van der Waals surface area contributed by atoms with Crippen LogP contribution in [0.5, 0.6) is 0 Å². The van der Waals surface area contributed by atoms with Gasteiger partial charge in [-0.05, 0) is 31.5 Å². The van der Waals surface area contributed by atoms with Crippen LogP contribution in [0.15, 0.2) is 35.9 Å². The SMILES string of the molecule is C=CCOC(=O)C1=C(S[C@H]2C[C@@H](COCCF)N(C(=O)OCC=C)C2)[C@H](C)[C@@H]2[C@@H]([C@@H](C)O[Si](C)(C)C(C)(C)C)C(=O)N12. The molecule has 0 aliphatic carbocycles. The van der Waals surface area contributed by atoms with Gasteiger partial charge in [0.2, 0.25) is 5.91 Å². The van der Waals surface area contributed by atoms with Gasteiger partial charge in [0.25, 0.3) is 0 Å². The summed E-state index contributed by atoms with van der Waals surface area (Å²) in [7, 11) is -2.14. The number of hydrogen-bond acceptors (Lipinski definition) is 8. The summed E-state index contributed by atoms with van der Waals surface area (Å²) in [6, 6.07) is -0.547. The summed E-state index contributed by atoms with van der Waals surface area (Å²) in [5.41, 5.74) is 0.262. The second kappa shape index (κ2) is 14.1. The van der Waals surface area contributed by atoms with Crippen LogP contribution in [0.4, 0.5) is 9.18 Å². The van der Waals surface area contributed by atoms with Crippen molar-refractivity contribution in [3.05, 3.63) is 35.9 Å². The summed E-state index contributed by atoms with van der Waals surface area (Å²) < 4.78 is 35.5. The second-order valence-electron chi connectivity index (χ2n) is 12.6. The van der Waals surface area contributed by atoms with E-state index in [-0.39, 0.29) is 78.3 Å². The molecule has 0 N–H and O–H groups in total. The first-order chi connectivity index (χ1) is 19.7. The Hall–Kier alpha value is -2.15. The van der Waals surface area contributed by atoms with E-state index < -0.39 is 27.1 Å². The fourth-order valence-corrected chi connectivity index (χ4v) is 8.57. The van der Waals surface area contributed by atoms with E-state index in [0.29, 0.717) is 13.0 Å². The van der Waals surface area contributed by atoms with Gasteiger partial charge in [-0.15, -0.1) is 11.8 Å².